The number of hydrogen-bond acceptors (Lipinski definition) is 4. The lowest BCUT2D eigenvalue weighted by atomic mass is 9.76. The number of nitrogens with one attached hydrogen (secondary N) is 1. The molecule has 0 aliphatic carbocycles. The molecular formula is C16H24ClNO3S2. The first kappa shape index (κ1) is 20.4. The van der Waals surface area contributed by atoms with E-state index in [9.17, 15) is 13.5 Å². The van der Waals surface area contributed by atoms with Crippen molar-refractivity contribution in [3.63, 3.8) is 0 Å². The number of hydrogen-bond donors (Lipinski definition) is 2. The molecule has 23 heavy (non-hydrogen) atoms. The summed E-state index contributed by atoms with van der Waals surface area (Å²) in [6.45, 7) is 14.8. The fraction of sp³-hybridized carbons (Fsp3) is 0.500. The molecule has 0 radical (unpaired) electrons. The number of aliphatic hydroxyl groups is 1. The number of halogens is 1. The summed E-state index contributed by atoms with van der Waals surface area (Å²) in [6, 6.07) is 2.21. The van der Waals surface area contributed by atoms with Crippen LogP contribution in [0.2, 0.25) is 4.34 Å². The van der Waals surface area contributed by atoms with E-state index in [0.717, 1.165) is 11.3 Å². The smallest absolute Gasteiger partial charge is 0.250 e. The Hall–Kier alpha value is -0.660. The van der Waals surface area contributed by atoms with Crippen LogP contribution < -0.4 is 4.72 Å². The Balaban J connectivity index is 3.33. The maximum atomic E-state index is 12.6. The molecule has 1 rings (SSSR count). The van der Waals surface area contributed by atoms with E-state index < -0.39 is 21.7 Å². The van der Waals surface area contributed by atoms with Crippen LogP contribution in [0.3, 0.4) is 0 Å². The van der Waals surface area contributed by atoms with Crippen LogP contribution >= 0.6 is 22.9 Å². The Morgan fingerprint density at radius 3 is 2.26 bits per heavy atom. The summed E-state index contributed by atoms with van der Waals surface area (Å²) in [5.74, 6) is -0.126. The fourth-order valence-electron chi connectivity index (χ4n) is 2.41. The van der Waals surface area contributed by atoms with Crippen molar-refractivity contribution in [3.05, 3.63) is 40.8 Å². The Kier molecular flexibility index (Phi) is 6.64. The molecule has 1 aromatic rings. The Morgan fingerprint density at radius 2 is 1.91 bits per heavy atom. The number of sulfonamides is 1. The van der Waals surface area contributed by atoms with Crippen LogP contribution in [-0.2, 0) is 10.0 Å². The van der Waals surface area contributed by atoms with E-state index in [1.807, 2.05) is 13.8 Å². The van der Waals surface area contributed by atoms with E-state index in [1.165, 1.54) is 12.1 Å². The normalized spacial score (nSPS) is 15.2. The van der Waals surface area contributed by atoms with E-state index in [4.69, 9.17) is 11.6 Å². The van der Waals surface area contributed by atoms with Crippen molar-refractivity contribution in [2.75, 3.05) is 0 Å². The van der Waals surface area contributed by atoms with E-state index in [2.05, 4.69) is 17.9 Å². The first-order valence-corrected chi connectivity index (χ1v) is 9.96. The van der Waals surface area contributed by atoms with Crippen LogP contribution in [0, 0.1) is 5.92 Å². The molecule has 0 aromatic carbocycles. The van der Waals surface area contributed by atoms with Gasteiger partial charge >= 0.3 is 0 Å². The van der Waals surface area contributed by atoms with E-state index in [0.29, 0.717) is 21.9 Å². The van der Waals surface area contributed by atoms with Crippen LogP contribution in [0.1, 0.15) is 34.1 Å². The van der Waals surface area contributed by atoms with Gasteiger partial charge in [-0.25, -0.2) is 13.1 Å². The van der Waals surface area contributed by atoms with Gasteiger partial charge in [-0.05, 0) is 43.0 Å². The summed E-state index contributed by atoms with van der Waals surface area (Å²) >= 11 is 6.80. The van der Waals surface area contributed by atoms with E-state index in [-0.39, 0.29) is 10.1 Å². The standard InChI is InChI=1S/C16H24ClNO3S2/c1-7-12(6)15(16(19,10(2)3)11(4)5)18-23(20,21)14-9-8-13(17)22-14/h8-9,12,15,18-19H,2,4,7H2,1,3,5-6H3. The van der Waals surface area contributed by atoms with Crippen molar-refractivity contribution in [1.82, 2.24) is 4.72 Å². The van der Waals surface area contributed by atoms with Crippen LogP contribution in [-0.4, -0.2) is 25.2 Å². The Morgan fingerprint density at radius 1 is 1.39 bits per heavy atom. The van der Waals surface area contributed by atoms with Crippen molar-refractivity contribution in [1.29, 1.82) is 0 Å². The highest BCUT2D eigenvalue weighted by molar-refractivity contribution is 7.91. The van der Waals surface area contributed by atoms with Gasteiger partial charge in [0.05, 0.1) is 10.4 Å². The van der Waals surface area contributed by atoms with Crippen LogP contribution in [0.5, 0.6) is 0 Å². The number of rotatable bonds is 8. The zero-order chi connectivity index (χ0) is 18.0. The van der Waals surface area contributed by atoms with Crippen LogP contribution in [0.15, 0.2) is 40.6 Å². The average Bonchev–Trinajstić information content (AvgIpc) is 2.90. The topological polar surface area (TPSA) is 66.4 Å². The predicted octanol–water partition coefficient (Wildman–Crippen LogP) is 3.98. The summed E-state index contributed by atoms with van der Waals surface area (Å²) in [4.78, 5) is 0. The van der Waals surface area contributed by atoms with E-state index in [1.54, 1.807) is 13.8 Å². The van der Waals surface area contributed by atoms with Crippen molar-refractivity contribution in [3.8, 4) is 0 Å². The second-order valence-corrected chi connectivity index (χ2v) is 9.53. The van der Waals surface area contributed by atoms with Crippen molar-refractivity contribution in [2.45, 2.75) is 50.0 Å². The zero-order valence-electron chi connectivity index (χ0n) is 13.9. The van der Waals surface area contributed by atoms with Crippen molar-refractivity contribution >= 4 is 33.0 Å². The minimum Gasteiger partial charge on any atom is -0.379 e. The van der Waals surface area contributed by atoms with Gasteiger partial charge in [0.1, 0.15) is 9.81 Å². The third-order valence-electron chi connectivity index (χ3n) is 4.06. The monoisotopic (exact) mass is 377 g/mol. The molecule has 0 spiro atoms. The second kappa shape index (κ2) is 7.49. The molecule has 1 heterocycles. The molecule has 0 saturated heterocycles. The molecule has 0 saturated carbocycles. The van der Waals surface area contributed by atoms with Crippen LogP contribution in [0.4, 0.5) is 0 Å². The molecule has 2 atom stereocenters. The molecule has 130 valence electrons. The van der Waals surface area contributed by atoms with Crippen molar-refractivity contribution in [2.24, 2.45) is 5.92 Å². The van der Waals surface area contributed by atoms with E-state index >= 15 is 0 Å². The first-order chi connectivity index (χ1) is 10.5. The maximum absolute atomic E-state index is 12.6. The molecular weight excluding hydrogens is 354 g/mol. The van der Waals surface area contributed by atoms with Gasteiger partial charge in [0, 0.05) is 0 Å². The number of thiophene rings is 1. The van der Waals surface area contributed by atoms with Gasteiger partial charge < -0.3 is 5.11 Å². The third kappa shape index (κ3) is 4.25. The molecule has 0 aliphatic heterocycles. The highest BCUT2D eigenvalue weighted by atomic mass is 35.5. The van der Waals surface area contributed by atoms with Gasteiger partial charge in [-0.15, -0.1) is 11.3 Å². The summed E-state index contributed by atoms with van der Waals surface area (Å²) < 4.78 is 28.4. The second-order valence-electron chi connectivity index (χ2n) is 5.87. The molecule has 2 unspecified atom stereocenters. The lowest BCUT2D eigenvalue weighted by molar-refractivity contribution is 0.0592. The third-order valence-corrected chi connectivity index (χ3v) is 7.22. The quantitative estimate of drug-likeness (QED) is 0.673. The maximum Gasteiger partial charge on any atom is 0.250 e. The molecule has 0 bridgehead atoms. The molecule has 0 aliphatic rings. The van der Waals surface area contributed by atoms with Crippen LogP contribution in [0.25, 0.3) is 0 Å². The predicted molar refractivity (Wildman–Crippen MR) is 97.5 cm³/mol. The molecule has 4 nitrogen and oxygen atoms in total. The lowest BCUT2D eigenvalue weighted by Gasteiger charge is -2.40. The Bertz CT molecular complexity index is 680. The Labute approximate surface area is 147 Å². The lowest BCUT2D eigenvalue weighted by Crippen LogP contribution is -2.56. The molecule has 1 aromatic heterocycles. The minimum atomic E-state index is -3.80. The fourth-order valence-corrected chi connectivity index (χ4v) is 5.28. The average molecular weight is 378 g/mol. The molecule has 0 amide bonds. The van der Waals surface area contributed by atoms with Gasteiger partial charge in [0.15, 0.2) is 0 Å². The largest absolute Gasteiger partial charge is 0.379 e. The highest BCUT2D eigenvalue weighted by Gasteiger charge is 2.43. The summed E-state index contributed by atoms with van der Waals surface area (Å²) in [7, 11) is -3.80. The van der Waals surface area contributed by atoms with Gasteiger partial charge in [-0.2, -0.15) is 0 Å². The molecule has 7 heteroatoms. The SMILES string of the molecule is C=C(C)C(O)(C(=C)C)C(NS(=O)(=O)c1ccc(Cl)s1)C(C)CC. The summed E-state index contributed by atoms with van der Waals surface area (Å²) in [5, 5.41) is 11.1. The minimum absolute atomic E-state index is 0.113. The zero-order valence-corrected chi connectivity index (χ0v) is 16.3. The molecule has 2 N–H and O–H groups in total. The molecule has 0 fully saturated rings. The summed E-state index contributed by atoms with van der Waals surface area (Å²) in [6.07, 6.45) is 0.682. The van der Waals surface area contributed by atoms with Gasteiger partial charge in [0.2, 0.25) is 10.0 Å². The van der Waals surface area contributed by atoms with Gasteiger partial charge in [-0.3, -0.25) is 0 Å². The summed E-state index contributed by atoms with van der Waals surface area (Å²) in [5.41, 5.74) is -0.631. The van der Waals surface area contributed by atoms with Gasteiger partial charge in [-0.1, -0.05) is 45.0 Å². The van der Waals surface area contributed by atoms with Crippen molar-refractivity contribution < 1.29 is 13.5 Å². The highest BCUT2D eigenvalue weighted by Crippen LogP contribution is 2.34. The van der Waals surface area contributed by atoms with Gasteiger partial charge in [0.25, 0.3) is 0 Å². The first-order valence-electron chi connectivity index (χ1n) is 7.28.